The largest absolute Gasteiger partial charge is 0.482 e. The van der Waals surface area contributed by atoms with E-state index in [0.29, 0.717) is 5.75 Å². The van der Waals surface area contributed by atoms with E-state index in [9.17, 15) is 4.79 Å². The first kappa shape index (κ1) is 12.2. The number of hydrogen-bond donors (Lipinski definition) is 1. The van der Waals surface area contributed by atoms with Crippen LogP contribution in [0.4, 0.5) is 0 Å². The predicted molar refractivity (Wildman–Crippen MR) is 69.7 cm³/mol. The van der Waals surface area contributed by atoms with Crippen LogP contribution in [0.15, 0.2) is 48.5 Å². The van der Waals surface area contributed by atoms with Crippen molar-refractivity contribution in [2.24, 2.45) is 0 Å². The minimum absolute atomic E-state index is 0.316. The Morgan fingerprint density at radius 1 is 1.11 bits per heavy atom. The standard InChI is InChI=1S/C15H14O3/c1-11-4-2-3-5-14(11)12-6-8-13(9-7-12)18-10-15(16)17/h2-9H,10H2,1H3,(H,16,17). The van der Waals surface area contributed by atoms with Crippen LogP contribution in [0.3, 0.4) is 0 Å². The lowest BCUT2D eigenvalue weighted by Crippen LogP contribution is -2.09. The highest BCUT2D eigenvalue weighted by Gasteiger charge is 2.02. The number of aliphatic carboxylic acids is 1. The van der Waals surface area contributed by atoms with Gasteiger partial charge in [0.1, 0.15) is 5.75 Å². The Kier molecular flexibility index (Phi) is 3.63. The summed E-state index contributed by atoms with van der Waals surface area (Å²) in [5, 5.41) is 8.52. The van der Waals surface area contributed by atoms with Crippen molar-refractivity contribution in [2.75, 3.05) is 6.61 Å². The molecule has 0 radical (unpaired) electrons. The van der Waals surface area contributed by atoms with Crippen LogP contribution in [0.2, 0.25) is 0 Å². The third-order valence-corrected chi connectivity index (χ3v) is 2.67. The molecule has 1 N–H and O–H groups in total. The fourth-order valence-corrected chi connectivity index (χ4v) is 1.77. The highest BCUT2D eigenvalue weighted by molar-refractivity contribution is 5.69. The molecule has 0 atom stereocenters. The molecule has 0 amide bonds. The summed E-state index contributed by atoms with van der Waals surface area (Å²) in [7, 11) is 0. The zero-order chi connectivity index (χ0) is 13.0. The van der Waals surface area contributed by atoms with Gasteiger partial charge in [-0.15, -0.1) is 0 Å². The van der Waals surface area contributed by atoms with E-state index in [1.807, 2.05) is 24.3 Å². The van der Waals surface area contributed by atoms with E-state index in [1.54, 1.807) is 12.1 Å². The van der Waals surface area contributed by atoms with Crippen LogP contribution in [0, 0.1) is 6.92 Å². The minimum Gasteiger partial charge on any atom is -0.482 e. The number of benzene rings is 2. The Morgan fingerprint density at radius 2 is 1.78 bits per heavy atom. The number of ether oxygens (including phenoxy) is 1. The molecule has 0 aliphatic heterocycles. The van der Waals surface area contributed by atoms with Gasteiger partial charge in [-0.05, 0) is 35.7 Å². The second kappa shape index (κ2) is 5.36. The van der Waals surface area contributed by atoms with Gasteiger partial charge in [0.05, 0.1) is 0 Å². The van der Waals surface area contributed by atoms with Gasteiger partial charge in [-0.1, -0.05) is 36.4 Å². The molecule has 0 bridgehead atoms. The average molecular weight is 242 g/mol. The van der Waals surface area contributed by atoms with Crippen LogP contribution >= 0.6 is 0 Å². The van der Waals surface area contributed by atoms with Crippen molar-refractivity contribution in [2.45, 2.75) is 6.92 Å². The van der Waals surface area contributed by atoms with Crippen LogP contribution in [0.1, 0.15) is 5.56 Å². The molecule has 2 aromatic carbocycles. The zero-order valence-electron chi connectivity index (χ0n) is 10.1. The van der Waals surface area contributed by atoms with Gasteiger partial charge >= 0.3 is 5.97 Å². The molecule has 0 unspecified atom stereocenters. The topological polar surface area (TPSA) is 46.5 Å². The van der Waals surface area contributed by atoms with Crippen molar-refractivity contribution in [3.63, 3.8) is 0 Å². The number of carbonyl (C=O) groups is 1. The van der Waals surface area contributed by atoms with Gasteiger partial charge in [0.15, 0.2) is 6.61 Å². The van der Waals surface area contributed by atoms with E-state index in [2.05, 4.69) is 19.1 Å². The molecule has 2 rings (SSSR count). The molecule has 0 saturated carbocycles. The number of aryl methyl sites for hydroxylation is 1. The third kappa shape index (κ3) is 2.88. The van der Waals surface area contributed by atoms with Crippen LogP contribution in [-0.4, -0.2) is 17.7 Å². The monoisotopic (exact) mass is 242 g/mol. The quantitative estimate of drug-likeness (QED) is 0.896. The number of carboxylic acid groups (broad SMARTS) is 1. The highest BCUT2D eigenvalue weighted by Crippen LogP contribution is 2.25. The van der Waals surface area contributed by atoms with Crippen LogP contribution < -0.4 is 4.74 Å². The second-order valence-electron chi connectivity index (χ2n) is 4.02. The van der Waals surface area contributed by atoms with Gasteiger partial charge in [-0.3, -0.25) is 0 Å². The van der Waals surface area contributed by atoms with Crippen molar-refractivity contribution in [1.82, 2.24) is 0 Å². The second-order valence-corrected chi connectivity index (χ2v) is 4.02. The number of rotatable bonds is 4. The van der Waals surface area contributed by atoms with Gasteiger partial charge in [0.25, 0.3) is 0 Å². The summed E-state index contributed by atoms with van der Waals surface area (Å²) < 4.78 is 5.09. The SMILES string of the molecule is Cc1ccccc1-c1ccc(OCC(=O)O)cc1. The van der Waals surface area contributed by atoms with Gasteiger partial charge in [-0.2, -0.15) is 0 Å². The van der Waals surface area contributed by atoms with E-state index in [1.165, 1.54) is 11.1 Å². The van der Waals surface area contributed by atoms with E-state index >= 15 is 0 Å². The molecule has 0 aromatic heterocycles. The lowest BCUT2D eigenvalue weighted by Gasteiger charge is -2.07. The van der Waals surface area contributed by atoms with Gasteiger partial charge < -0.3 is 9.84 Å². The van der Waals surface area contributed by atoms with Crippen molar-refractivity contribution in [1.29, 1.82) is 0 Å². The van der Waals surface area contributed by atoms with Gasteiger partial charge in [0.2, 0.25) is 0 Å². The lowest BCUT2D eigenvalue weighted by atomic mass is 10.0. The van der Waals surface area contributed by atoms with E-state index in [4.69, 9.17) is 9.84 Å². The summed E-state index contributed by atoms with van der Waals surface area (Å²) >= 11 is 0. The van der Waals surface area contributed by atoms with E-state index in [-0.39, 0.29) is 6.61 Å². The fraction of sp³-hybridized carbons (Fsp3) is 0.133. The average Bonchev–Trinajstić information content (AvgIpc) is 2.38. The Morgan fingerprint density at radius 3 is 2.39 bits per heavy atom. The maximum atomic E-state index is 10.4. The highest BCUT2D eigenvalue weighted by atomic mass is 16.5. The number of carboxylic acids is 1. The molecule has 0 heterocycles. The Hall–Kier alpha value is -2.29. The van der Waals surface area contributed by atoms with E-state index < -0.39 is 5.97 Å². The summed E-state index contributed by atoms with van der Waals surface area (Å²) in [5.74, 6) is -0.410. The summed E-state index contributed by atoms with van der Waals surface area (Å²) in [6, 6.07) is 15.5. The normalized spacial score (nSPS) is 10.1. The maximum absolute atomic E-state index is 10.4. The van der Waals surface area contributed by atoms with Crippen molar-refractivity contribution in [3.05, 3.63) is 54.1 Å². The zero-order valence-corrected chi connectivity index (χ0v) is 10.1. The van der Waals surface area contributed by atoms with Crippen molar-refractivity contribution >= 4 is 5.97 Å². The molecule has 0 fully saturated rings. The summed E-state index contributed by atoms with van der Waals surface area (Å²) in [6.07, 6.45) is 0. The van der Waals surface area contributed by atoms with Crippen molar-refractivity contribution in [3.8, 4) is 16.9 Å². The molecule has 0 aliphatic rings. The molecule has 3 nitrogen and oxygen atoms in total. The van der Waals surface area contributed by atoms with Crippen molar-refractivity contribution < 1.29 is 14.6 Å². The first-order valence-electron chi connectivity index (χ1n) is 5.67. The smallest absolute Gasteiger partial charge is 0.341 e. The van der Waals surface area contributed by atoms with Crippen LogP contribution in [0.5, 0.6) is 5.75 Å². The first-order chi connectivity index (χ1) is 8.66. The fourth-order valence-electron chi connectivity index (χ4n) is 1.77. The van der Waals surface area contributed by atoms with Gasteiger partial charge in [0, 0.05) is 0 Å². The molecule has 92 valence electrons. The maximum Gasteiger partial charge on any atom is 0.341 e. The summed E-state index contributed by atoms with van der Waals surface area (Å²) in [5.41, 5.74) is 3.47. The van der Waals surface area contributed by atoms with Gasteiger partial charge in [-0.25, -0.2) is 4.79 Å². The summed E-state index contributed by atoms with van der Waals surface area (Å²) in [6.45, 7) is 1.74. The Labute approximate surface area is 106 Å². The predicted octanol–water partition coefficient (Wildman–Crippen LogP) is 3.13. The Bertz CT molecular complexity index is 544. The third-order valence-electron chi connectivity index (χ3n) is 2.67. The first-order valence-corrected chi connectivity index (χ1v) is 5.67. The molecular weight excluding hydrogens is 228 g/mol. The molecule has 0 saturated heterocycles. The number of hydrogen-bond acceptors (Lipinski definition) is 2. The Balaban J connectivity index is 2.17. The van der Waals surface area contributed by atoms with E-state index in [0.717, 1.165) is 5.56 Å². The molecule has 0 aliphatic carbocycles. The molecule has 3 heteroatoms. The molecule has 2 aromatic rings. The molecule has 0 spiro atoms. The van der Waals surface area contributed by atoms with Crippen LogP contribution in [0.25, 0.3) is 11.1 Å². The lowest BCUT2D eigenvalue weighted by molar-refractivity contribution is -0.139. The molecule has 18 heavy (non-hydrogen) atoms. The van der Waals surface area contributed by atoms with Crippen LogP contribution in [-0.2, 0) is 4.79 Å². The minimum atomic E-state index is -0.974. The summed E-state index contributed by atoms with van der Waals surface area (Å²) in [4.78, 5) is 10.4. The molecular formula is C15H14O3.